The van der Waals surface area contributed by atoms with Crippen molar-refractivity contribution in [3.63, 3.8) is 0 Å². The summed E-state index contributed by atoms with van der Waals surface area (Å²) in [5, 5.41) is 0. The number of rotatable bonds is 2. The maximum Gasteiger partial charge on any atom is 0.418 e. The van der Waals surface area contributed by atoms with Crippen LogP contribution in [0.5, 0.6) is 0 Å². The molecule has 6 heteroatoms. The average Bonchev–Trinajstić information content (AvgIpc) is 2.14. The highest BCUT2D eigenvalue weighted by Gasteiger charge is 2.23. The highest BCUT2D eigenvalue weighted by Crippen LogP contribution is 1.95. The van der Waals surface area contributed by atoms with Crippen LogP contribution < -0.4 is 0 Å². The molecule has 0 saturated carbocycles. The van der Waals surface area contributed by atoms with Crippen LogP contribution in [0.3, 0.4) is 0 Å². The molecule has 0 heterocycles. The third-order valence-corrected chi connectivity index (χ3v) is 1.17. The van der Waals surface area contributed by atoms with Crippen molar-refractivity contribution in [3.05, 3.63) is 0 Å². The Bertz CT molecular complexity index is 221. The van der Waals surface area contributed by atoms with E-state index in [1.54, 1.807) is 0 Å². The summed E-state index contributed by atoms with van der Waals surface area (Å²) >= 11 is 0. The lowest BCUT2D eigenvalue weighted by Crippen LogP contribution is -2.29. The Morgan fingerprint density at radius 3 is 1.92 bits per heavy atom. The number of carbonyl (C=O) groups is 3. The van der Waals surface area contributed by atoms with Crippen molar-refractivity contribution in [3.8, 4) is 0 Å². The molecule has 74 valence electrons. The summed E-state index contributed by atoms with van der Waals surface area (Å²) < 4.78 is 12.7. The van der Waals surface area contributed by atoms with Gasteiger partial charge in [-0.3, -0.25) is 0 Å². The van der Waals surface area contributed by atoms with Crippen LogP contribution in [0.15, 0.2) is 0 Å². The van der Waals surface area contributed by atoms with Gasteiger partial charge >= 0.3 is 17.9 Å². The van der Waals surface area contributed by atoms with Gasteiger partial charge in [0.1, 0.15) is 0 Å². The first-order valence-electron chi connectivity index (χ1n) is 3.39. The topological polar surface area (TPSA) is 78.9 Å². The fourth-order valence-electron chi connectivity index (χ4n) is 0.506. The summed E-state index contributed by atoms with van der Waals surface area (Å²) in [6.07, 6.45) is -1.11. The number of ether oxygens (including phenoxy) is 3. The van der Waals surface area contributed by atoms with Gasteiger partial charge in [0.25, 0.3) is 0 Å². The molecule has 0 aromatic heterocycles. The van der Waals surface area contributed by atoms with E-state index in [9.17, 15) is 14.4 Å². The quantitative estimate of drug-likeness (QED) is 0.324. The van der Waals surface area contributed by atoms with E-state index in [0.29, 0.717) is 0 Å². The highest BCUT2D eigenvalue weighted by molar-refractivity contribution is 6.29. The van der Waals surface area contributed by atoms with E-state index in [1.165, 1.54) is 6.92 Å². The molecule has 1 atom stereocenters. The van der Waals surface area contributed by atoms with Crippen LogP contribution in [0, 0.1) is 0 Å². The minimum absolute atomic E-state index is 0.739. The lowest BCUT2D eigenvalue weighted by molar-refractivity contribution is -0.174. The van der Waals surface area contributed by atoms with Gasteiger partial charge in [-0.1, -0.05) is 0 Å². The zero-order valence-electron chi connectivity index (χ0n) is 7.53. The molecule has 1 unspecified atom stereocenters. The van der Waals surface area contributed by atoms with E-state index in [-0.39, 0.29) is 0 Å². The monoisotopic (exact) mass is 190 g/mol. The van der Waals surface area contributed by atoms with Gasteiger partial charge in [-0.15, -0.1) is 0 Å². The summed E-state index contributed by atoms with van der Waals surface area (Å²) in [6, 6.07) is 0. The Balaban J connectivity index is 4.06. The number of methoxy groups -OCH3 is 2. The molecule has 0 aromatic carbocycles. The minimum atomic E-state index is -1.22. The summed E-state index contributed by atoms with van der Waals surface area (Å²) in [4.78, 5) is 31.9. The Kier molecular flexibility index (Phi) is 4.50. The van der Waals surface area contributed by atoms with Gasteiger partial charge in [0, 0.05) is 0 Å². The standard InChI is InChI=1S/C7H10O6/c1-4(5(8)11-2)13-7(10)6(9)12-3/h4H,1-3H3. The van der Waals surface area contributed by atoms with Crippen molar-refractivity contribution in [2.45, 2.75) is 13.0 Å². The van der Waals surface area contributed by atoms with Crippen molar-refractivity contribution in [2.24, 2.45) is 0 Å². The molecule has 0 fully saturated rings. The average molecular weight is 190 g/mol. The van der Waals surface area contributed by atoms with Crippen LogP contribution >= 0.6 is 0 Å². The van der Waals surface area contributed by atoms with E-state index in [0.717, 1.165) is 14.2 Å². The smallest absolute Gasteiger partial charge is 0.418 e. The molecule has 13 heavy (non-hydrogen) atoms. The molecule has 0 radical (unpaired) electrons. The van der Waals surface area contributed by atoms with Crippen LogP contribution in [0.4, 0.5) is 0 Å². The lowest BCUT2D eigenvalue weighted by atomic mass is 10.4. The molecule has 0 aromatic rings. The Morgan fingerprint density at radius 1 is 1.00 bits per heavy atom. The van der Waals surface area contributed by atoms with Gasteiger partial charge in [0.05, 0.1) is 14.2 Å². The zero-order chi connectivity index (χ0) is 10.4. The molecule has 0 aliphatic carbocycles. The summed E-state index contributed by atoms with van der Waals surface area (Å²) in [5.41, 5.74) is 0. The molecule has 0 aliphatic heterocycles. The van der Waals surface area contributed by atoms with E-state index >= 15 is 0 Å². The third kappa shape index (κ3) is 3.55. The van der Waals surface area contributed by atoms with Crippen molar-refractivity contribution in [2.75, 3.05) is 14.2 Å². The molecule has 0 saturated heterocycles. The second-order valence-corrected chi connectivity index (χ2v) is 2.06. The summed E-state index contributed by atoms with van der Waals surface area (Å²) in [5.74, 6) is -3.12. The second-order valence-electron chi connectivity index (χ2n) is 2.06. The van der Waals surface area contributed by atoms with E-state index in [1.807, 2.05) is 0 Å². The van der Waals surface area contributed by atoms with Crippen LogP contribution in [0.1, 0.15) is 6.92 Å². The first kappa shape index (κ1) is 11.4. The predicted octanol–water partition coefficient (Wildman–Crippen LogP) is -0.736. The van der Waals surface area contributed by atoms with Crippen LogP contribution in [0.2, 0.25) is 0 Å². The van der Waals surface area contributed by atoms with Crippen LogP contribution in [-0.2, 0) is 28.6 Å². The molecule has 0 spiro atoms. The van der Waals surface area contributed by atoms with Crippen molar-refractivity contribution in [1.82, 2.24) is 0 Å². The van der Waals surface area contributed by atoms with Gasteiger partial charge in [0.2, 0.25) is 0 Å². The second kappa shape index (κ2) is 5.13. The molecular formula is C7H10O6. The van der Waals surface area contributed by atoms with Crippen LogP contribution in [-0.4, -0.2) is 38.2 Å². The first-order chi connectivity index (χ1) is 6.02. The number of hydrogen-bond donors (Lipinski definition) is 0. The van der Waals surface area contributed by atoms with Gasteiger partial charge < -0.3 is 14.2 Å². The van der Waals surface area contributed by atoms with Gasteiger partial charge in [0.15, 0.2) is 6.10 Å². The summed E-state index contributed by atoms with van der Waals surface area (Å²) in [6.45, 7) is 1.28. The predicted molar refractivity (Wildman–Crippen MR) is 39.6 cm³/mol. The molecule has 6 nitrogen and oxygen atoms in total. The minimum Gasteiger partial charge on any atom is -0.466 e. The van der Waals surface area contributed by atoms with Crippen molar-refractivity contribution >= 4 is 17.9 Å². The fourth-order valence-corrected chi connectivity index (χ4v) is 0.506. The van der Waals surface area contributed by atoms with Crippen LogP contribution in [0.25, 0.3) is 0 Å². The van der Waals surface area contributed by atoms with E-state index < -0.39 is 24.0 Å². The van der Waals surface area contributed by atoms with Gasteiger partial charge in [-0.05, 0) is 6.92 Å². The third-order valence-electron chi connectivity index (χ3n) is 1.17. The van der Waals surface area contributed by atoms with E-state index in [4.69, 9.17) is 0 Å². The Hall–Kier alpha value is -1.59. The maximum absolute atomic E-state index is 10.7. The lowest BCUT2D eigenvalue weighted by Gasteiger charge is -2.08. The number of hydrogen-bond acceptors (Lipinski definition) is 6. The molecular weight excluding hydrogens is 180 g/mol. The SMILES string of the molecule is COC(=O)C(=O)OC(C)C(=O)OC. The Morgan fingerprint density at radius 2 is 1.54 bits per heavy atom. The van der Waals surface area contributed by atoms with Crippen molar-refractivity contribution in [1.29, 1.82) is 0 Å². The molecule has 0 amide bonds. The molecule has 0 N–H and O–H groups in total. The van der Waals surface area contributed by atoms with E-state index in [2.05, 4.69) is 14.2 Å². The molecule has 0 bridgehead atoms. The summed E-state index contributed by atoms with van der Waals surface area (Å²) in [7, 11) is 2.18. The van der Waals surface area contributed by atoms with Crippen molar-refractivity contribution < 1.29 is 28.6 Å². The fraction of sp³-hybridized carbons (Fsp3) is 0.571. The first-order valence-corrected chi connectivity index (χ1v) is 3.39. The number of carbonyl (C=O) groups excluding carboxylic acids is 3. The molecule has 0 rings (SSSR count). The maximum atomic E-state index is 10.7. The normalized spacial score (nSPS) is 11.3. The zero-order valence-corrected chi connectivity index (χ0v) is 7.53. The largest absolute Gasteiger partial charge is 0.466 e. The number of esters is 3. The van der Waals surface area contributed by atoms with Gasteiger partial charge in [-0.25, -0.2) is 14.4 Å². The Labute approximate surface area is 74.8 Å². The highest BCUT2D eigenvalue weighted by atomic mass is 16.6. The van der Waals surface area contributed by atoms with Gasteiger partial charge in [-0.2, -0.15) is 0 Å². The molecule has 0 aliphatic rings.